The first kappa shape index (κ1) is 34.5. The zero-order valence-electron chi connectivity index (χ0n) is 24.5. The lowest BCUT2D eigenvalue weighted by atomic mass is 10.1. The van der Waals surface area contributed by atoms with Crippen LogP contribution in [0.25, 0.3) is 6.08 Å². The largest absolute Gasteiger partial charge is 0.489 e. The first-order valence-corrected chi connectivity index (χ1v) is 16.0. The number of nitrogens with zero attached hydrogens (tertiary/aromatic N) is 3. The number of hydrogen-bond acceptors (Lipinski definition) is 8. The predicted octanol–water partition coefficient (Wildman–Crippen LogP) is 5.04. The second-order valence-electron chi connectivity index (χ2n) is 10.1. The fourth-order valence-electron chi connectivity index (χ4n) is 4.77. The van der Waals surface area contributed by atoms with Crippen molar-refractivity contribution in [3.05, 3.63) is 88.2 Å². The van der Waals surface area contributed by atoms with E-state index in [9.17, 15) is 30.8 Å². The minimum absolute atomic E-state index is 0.00223. The molecule has 1 aromatic heterocycles. The summed E-state index contributed by atoms with van der Waals surface area (Å²) in [5.41, 5.74) is 5.99. The Hall–Kier alpha value is -4.37. The molecule has 1 saturated heterocycles. The van der Waals surface area contributed by atoms with Crippen LogP contribution in [0.5, 0.6) is 5.75 Å². The first-order chi connectivity index (χ1) is 21.8. The lowest BCUT2D eigenvalue weighted by Crippen LogP contribution is -2.39. The molecule has 0 radical (unpaired) electrons. The summed E-state index contributed by atoms with van der Waals surface area (Å²) in [5, 5.41) is 7.65. The fraction of sp³-hybridized carbons (Fsp3) is 0.300. The number of nitrogens with one attached hydrogen (secondary N) is 1. The summed E-state index contributed by atoms with van der Waals surface area (Å²) in [6, 6.07) is 11.0. The highest BCUT2D eigenvalue weighted by molar-refractivity contribution is 7.93. The van der Waals surface area contributed by atoms with Gasteiger partial charge in [-0.1, -0.05) is 42.0 Å². The van der Waals surface area contributed by atoms with Gasteiger partial charge >= 0.3 is 5.97 Å². The van der Waals surface area contributed by atoms with Crippen LogP contribution in [-0.4, -0.2) is 63.3 Å². The zero-order valence-corrected chi connectivity index (χ0v) is 26.1. The van der Waals surface area contributed by atoms with Crippen LogP contribution in [0.3, 0.4) is 0 Å². The van der Waals surface area contributed by atoms with Gasteiger partial charge in [-0.25, -0.2) is 8.42 Å². The van der Waals surface area contributed by atoms with Crippen LogP contribution in [0.4, 0.5) is 28.9 Å². The van der Waals surface area contributed by atoms with Crippen LogP contribution in [0.15, 0.2) is 48.5 Å². The third kappa shape index (κ3) is 8.26. The second-order valence-corrected chi connectivity index (χ2v) is 12.4. The monoisotopic (exact) mass is 683 g/mol. The zero-order chi connectivity index (χ0) is 33.6. The van der Waals surface area contributed by atoms with E-state index in [-0.39, 0.29) is 61.4 Å². The third-order valence-electron chi connectivity index (χ3n) is 6.95. The van der Waals surface area contributed by atoms with Gasteiger partial charge in [0.25, 0.3) is 11.9 Å². The highest BCUT2D eigenvalue weighted by Gasteiger charge is 2.30. The summed E-state index contributed by atoms with van der Waals surface area (Å²) in [7, 11) is -4.25. The van der Waals surface area contributed by atoms with Crippen molar-refractivity contribution in [2.24, 2.45) is 5.73 Å². The van der Waals surface area contributed by atoms with E-state index in [0.717, 1.165) is 4.31 Å². The van der Waals surface area contributed by atoms with Gasteiger partial charge in [-0.3, -0.25) is 14.5 Å². The van der Waals surface area contributed by atoms with E-state index in [2.05, 4.69) is 4.98 Å². The molecule has 1 aliphatic rings. The Morgan fingerprint density at radius 1 is 1.13 bits per heavy atom. The number of nitrogens with two attached hydrogens (primary N) is 1. The van der Waals surface area contributed by atoms with E-state index in [1.54, 1.807) is 43.3 Å². The standard InChI is InChI=1S/C30H30ClF4N5O5S/c1-2-44-24(41)17-46(42,43)40(12-4-6-18-5-3-7-19(15-18)30(36)37)20-8-9-23(22(31)16-20)45-21-10-13-39(14-11-21)27-25(32)28(34)38-29(35)26(27)33/h3-9,15-16,21H,2,10-14,17H2,1H3,(H3,36,37). The number of ether oxygens (including phenoxy) is 2. The van der Waals surface area contributed by atoms with Crippen LogP contribution in [-0.2, 0) is 19.6 Å². The average Bonchev–Trinajstić information content (AvgIpc) is 3.00. The molecule has 1 aliphatic heterocycles. The summed E-state index contributed by atoms with van der Waals surface area (Å²) in [6.45, 7) is 1.39. The molecule has 10 nitrogen and oxygen atoms in total. The molecule has 4 rings (SSSR count). The number of piperidine rings is 1. The maximum absolute atomic E-state index is 14.2. The number of halogens is 5. The molecule has 46 heavy (non-hydrogen) atoms. The molecule has 0 amide bonds. The molecule has 2 aromatic carbocycles. The lowest BCUT2D eigenvalue weighted by molar-refractivity contribution is -0.139. The number of carbonyl (C=O) groups is 1. The molecule has 0 aliphatic carbocycles. The van der Waals surface area contributed by atoms with Crippen molar-refractivity contribution in [1.29, 1.82) is 5.41 Å². The van der Waals surface area contributed by atoms with Crippen molar-refractivity contribution in [1.82, 2.24) is 4.98 Å². The maximum Gasteiger partial charge on any atom is 0.323 e. The van der Waals surface area contributed by atoms with Gasteiger partial charge in [-0.2, -0.15) is 22.5 Å². The number of rotatable bonds is 12. The quantitative estimate of drug-likeness (QED) is 0.0891. The Morgan fingerprint density at radius 2 is 1.80 bits per heavy atom. The Bertz CT molecular complexity index is 1730. The van der Waals surface area contributed by atoms with Gasteiger partial charge in [0, 0.05) is 31.5 Å². The van der Waals surface area contributed by atoms with Gasteiger partial charge in [0.05, 0.1) is 23.9 Å². The van der Waals surface area contributed by atoms with Crippen LogP contribution >= 0.6 is 11.6 Å². The van der Waals surface area contributed by atoms with Gasteiger partial charge in [0.2, 0.25) is 21.7 Å². The molecule has 0 spiro atoms. The highest BCUT2D eigenvalue weighted by Crippen LogP contribution is 2.34. The summed E-state index contributed by atoms with van der Waals surface area (Å²) < 4.78 is 94.0. The van der Waals surface area contributed by atoms with Crippen LogP contribution < -0.4 is 19.7 Å². The minimum Gasteiger partial charge on any atom is -0.489 e. The van der Waals surface area contributed by atoms with E-state index in [1.165, 1.54) is 23.1 Å². The molecular weight excluding hydrogens is 654 g/mol. The number of anilines is 2. The van der Waals surface area contributed by atoms with Crippen LogP contribution in [0, 0.1) is 28.9 Å². The van der Waals surface area contributed by atoms with Crippen molar-refractivity contribution in [2.75, 3.05) is 41.2 Å². The number of nitrogen functional groups attached to an aromatic ring is 1. The van der Waals surface area contributed by atoms with Crippen molar-refractivity contribution in [3.8, 4) is 5.75 Å². The van der Waals surface area contributed by atoms with Gasteiger partial charge < -0.3 is 20.1 Å². The number of benzene rings is 2. The number of esters is 1. The average molecular weight is 684 g/mol. The number of pyridine rings is 1. The summed E-state index contributed by atoms with van der Waals surface area (Å²) in [6.07, 6.45) is 3.15. The Labute approximate surface area is 267 Å². The van der Waals surface area contributed by atoms with Crippen molar-refractivity contribution >= 4 is 50.9 Å². The highest BCUT2D eigenvalue weighted by atomic mass is 35.5. The molecule has 246 valence electrons. The first-order valence-electron chi connectivity index (χ1n) is 14.0. The van der Waals surface area contributed by atoms with Gasteiger partial charge in [0.15, 0.2) is 5.75 Å². The fourth-order valence-corrected chi connectivity index (χ4v) is 6.28. The number of amidine groups is 1. The summed E-state index contributed by atoms with van der Waals surface area (Å²) in [5.74, 6) is -8.43. The van der Waals surface area contributed by atoms with Crippen LogP contribution in [0.1, 0.15) is 30.9 Å². The smallest absolute Gasteiger partial charge is 0.323 e. The van der Waals surface area contributed by atoms with Gasteiger partial charge in [-0.05, 0) is 36.8 Å². The molecule has 0 bridgehead atoms. The molecule has 0 saturated carbocycles. The Kier molecular flexibility index (Phi) is 11.1. The molecule has 2 heterocycles. The maximum atomic E-state index is 14.2. The molecular formula is C30H30ClF4N5O5S. The normalized spacial score (nSPS) is 14.0. The molecule has 3 N–H and O–H groups in total. The van der Waals surface area contributed by atoms with E-state index in [4.69, 9.17) is 32.2 Å². The Balaban J connectivity index is 1.50. The minimum atomic E-state index is -4.25. The summed E-state index contributed by atoms with van der Waals surface area (Å²) >= 11 is 6.49. The second kappa shape index (κ2) is 14.8. The third-order valence-corrected chi connectivity index (χ3v) is 8.88. The summed E-state index contributed by atoms with van der Waals surface area (Å²) in [4.78, 5) is 15.9. The van der Waals surface area contributed by atoms with Crippen molar-refractivity contribution < 1.29 is 40.2 Å². The van der Waals surface area contributed by atoms with Crippen molar-refractivity contribution in [2.45, 2.75) is 25.9 Å². The SMILES string of the molecule is CCOC(=O)CS(=O)(=O)N(CC=Cc1cccc(C(=N)N)c1)c1ccc(OC2CCN(c3c(F)c(F)nc(F)c3F)CC2)c(Cl)c1. The molecule has 3 aromatic rings. The number of hydrogen-bond donors (Lipinski definition) is 2. The lowest BCUT2D eigenvalue weighted by Gasteiger charge is -2.34. The van der Waals surface area contributed by atoms with Crippen molar-refractivity contribution in [3.63, 3.8) is 0 Å². The molecule has 1 fully saturated rings. The number of carbonyl (C=O) groups excluding carboxylic acids is 1. The number of aromatic nitrogens is 1. The van der Waals surface area contributed by atoms with Gasteiger partial charge in [-0.15, -0.1) is 0 Å². The van der Waals surface area contributed by atoms with E-state index >= 15 is 0 Å². The van der Waals surface area contributed by atoms with E-state index < -0.39 is 57.1 Å². The number of sulfonamides is 1. The molecule has 0 atom stereocenters. The molecule has 0 unspecified atom stereocenters. The van der Waals surface area contributed by atoms with E-state index in [0.29, 0.717) is 11.1 Å². The van der Waals surface area contributed by atoms with Crippen LogP contribution in [0.2, 0.25) is 5.02 Å². The Morgan fingerprint density at radius 3 is 2.41 bits per heavy atom. The van der Waals surface area contributed by atoms with E-state index in [1.807, 2.05) is 0 Å². The topological polar surface area (TPSA) is 139 Å². The molecule has 16 heteroatoms. The predicted molar refractivity (Wildman–Crippen MR) is 166 cm³/mol. The van der Waals surface area contributed by atoms with Gasteiger partial charge in [0.1, 0.15) is 23.4 Å².